The molecule has 9 nitrogen and oxygen atoms in total. The molecule has 2 aliphatic carbocycles. The molecule has 2 amide bonds. The number of nitrogens with one attached hydrogen (secondary N) is 1. The highest BCUT2D eigenvalue weighted by Gasteiger charge is 2.50. The molecule has 2 aromatic carbocycles. The van der Waals surface area contributed by atoms with Gasteiger partial charge in [-0.2, -0.15) is 5.10 Å². The molecule has 0 saturated heterocycles. The van der Waals surface area contributed by atoms with E-state index >= 15 is 4.39 Å². The first-order valence-electron chi connectivity index (χ1n) is 14.2. The minimum atomic E-state index is -1.78. The Bertz CT molecular complexity index is 1890. The molecule has 2 fully saturated rings. The van der Waals surface area contributed by atoms with Crippen LogP contribution in [0.2, 0.25) is 5.02 Å². The number of ether oxygens (including phenoxy) is 1. The molecule has 3 heterocycles. The Balaban J connectivity index is 1.27. The average Bonchev–Trinajstić information content (AvgIpc) is 3.93. The predicted octanol–water partition coefficient (Wildman–Crippen LogP) is 4.67. The maximum Gasteiger partial charge on any atom is 0.251 e. The number of aromatic nitrogens is 3. The van der Waals surface area contributed by atoms with Gasteiger partial charge in [-0.25, -0.2) is 18.2 Å². The van der Waals surface area contributed by atoms with Crippen molar-refractivity contribution in [2.45, 2.75) is 49.7 Å². The average molecular weight is 626 g/mol. The first kappa shape index (κ1) is 28.6. The first-order valence-corrected chi connectivity index (χ1v) is 14.6. The van der Waals surface area contributed by atoms with E-state index < -0.39 is 45.8 Å². The summed E-state index contributed by atoms with van der Waals surface area (Å²) in [6.45, 7) is 1.02. The summed E-state index contributed by atoms with van der Waals surface area (Å²) in [5.41, 5.74) is 2.96. The summed E-state index contributed by atoms with van der Waals surface area (Å²) in [5, 5.41) is 20.4. The lowest BCUT2D eigenvalue weighted by Crippen LogP contribution is -2.44. The quantitative estimate of drug-likeness (QED) is 0.244. The molecule has 13 heteroatoms. The number of primary amides is 1. The number of fused-ring (bicyclic) bond motifs is 2. The van der Waals surface area contributed by atoms with Crippen LogP contribution in [0.25, 0.3) is 22.2 Å². The van der Waals surface area contributed by atoms with Crippen molar-refractivity contribution >= 4 is 34.3 Å². The van der Waals surface area contributed by atoms with Crippen molar-refractivity contribution in [1.29, 1.82) is 0 Å². The van der Waals surface area contributed by atoms with E-state index in [9.17, 15) is 23.5 Å². The molecule has 2 saturated carbocycles. The highest BCUT2D eigenvalue weighted by Crippen LogP contribution is 2.50. The van der Waals surface area contributed by atoms with Crippen molar-refractivity contribution in [3.05, 3.63) is 75.8 Å². The topological polar surface area (TPSA) is 132 Å². The van der Waals surface area contributed by atoms with Crippen LogP contribution in [0.15, 0.2) is 36.5 Å². The van der Waals surface area contributed by atoms with Crippen molar-refractivity contribution < 1.29 is 32.6 Å². The van der Waals surface area contributed by atoms with Crippen LogP contribution in [0.4, 0.5) is 13.2 Å². The molecule has 0 bridgehead atoms. The highest BCUT2D eigenvalue weighted by molar-refractivity contribution is 6.35. The molecule has 3 aliphatic rings. The second kappa shape index (κ2) is 9.93. The van der Waals surface area contributed by atoms with E-state index in [1.165, 1.54) is 19.1 Å². The summed E-state index contributed by atoms with van der Waals surface area (Å²) in [5.74, 6) is -5.46. The predicted molar refractivity (Wildman–Crippen MR) is 154 cm³/mol. The third-order valence-corrected chi connectivity index (χ3v) is 9.15. The van der Waals surface area contributed by atoms with Crippen LogP contribution >= 0.6 is 11.6 Å². The molecule has 0 radical (unpaired) electrons. The molecule has 4 N–H and O–H groups in total. The van der Waals surface area contributed by atoms with Gasteiger partial charge >= 0.3 is 0 Å². The van der Waals surface area contributed by atoms with E-state index in [4.69, 9.17) is 22.1 Å². The van der Waals surface area contributed by atoms with E-state index in [0.29, 0.717) is 46.9 Å². The van der Waals surface area contributed by atoms with Gasteiger partial charge in [-0.1, -0.05) is 11.6 Å². The molecule has 7 rings (SSSR count). The van der Waals surface area contributed by atoms with Crippen molar-refractivity contribution in [2.24, 2.45) is 11.7 Å². The Morgan fingerprint density at radius 1 is 1.14 bits per heavy atom. The molecular formula is C31H27ClF3N5O4. The molecule has 44 heavy (non-hydrogen) atoms. The Morgan fingerprint density at radius 3 is 2.55 bits per heavy atom. The monoisotopic (exact) mass is 625 g/mol. The summed E-state index contributed by atoms with van der Waals surface area (Å²) in [7, 11) is 0. The summed E-state index contributed by atoms with van der Waals surface area (Å²) in [6.07, 6.45) is 5.11. The summed E-state index contributed by atoms with van der Waals surface area (Å²) in [4.78, 5) is 30.4. The van der Waals surface area contributed by atoms with Crippen LogP contribution in [0.1, 0.15) is 60.3 Å². The lowest BCUT2D eigenvalue weighted by molar-refractivity contribution is -0.123. The molecular weight excluding hydrogens is 599 g/mol. The normalized spacial score (nSPS) is 20.7. The number of carbonyl (C=O) groups is 2. The molecule has 2 aromatic heterocycles. The number of amides is 2. The van der Waals surface area contributed by atoms with Crippen LogP contribution in [0.5, 0.6) is 5.75 Å². The first-order chi connectivity index (χ1) is 20.9. The van der Waals surface area contributed by atoms with Crippen LogP contribution in [0, 0.1) is 23.4 Å². The number of nitrogens with zero attached hydrogens (tertiary/aromatic N) is 3. The summed E-state index contributed by atoms with van der Waals surface area (Å²) >= 11 is 6.46. The number of hydrogen-bond acceptors (Lipinski definition) is 6. The highest BCUT2D eigenvalue weighted by atomic mass is 35.5. The number of rotatable bonds is 8. The molecule has 0 spiro atoms. The summed E-state index contributed by atoms with van der Waals surface area (Å²) < 4.78 is 50.7. The van der Waals surface area contributed by atoms with E-state index in [-0.39, 0.29) is 47.3 Å². The number of nitrogens with two attached hydrogens (primary N) is 1. The smallest absolute Gasteiger partial charge is 0.251 e. The van der Waals surface area contributed by atoms with Gasteiger partial charge in [0, 0.05) is 34.3 Å². The minimum absolute atomic E-state index is 0.00430. The number of hydrogen-bond donors (Lipinski definition) is 3. The van der Waals surface area contributed by atoms with Crippen LogP contribution in [-0.4, -0.2) is 44.8 Å². The van der Waals surface area contributed by atoms with Gasteiger partial charge < -0.3 is 20.9 Å². The van der Waals surface area contributed by atoms with Gasteiger partial charge in [0.1, 0.15) is 40.4 Å². The van der Waals surface area contributed by atoms with E-state index in [2.05, 4.69) is 15.4 Å². The Kier molecular flexibility index (Phi) is 6.45. The molecule has 1 aliphatic heterocycles. The number of pyridine rings is 1. The molecule has 1 unspecified atom stereocenters. The van der Waals surface area contributed by atoms with Gasteiger partial charge in [-0.3, -0.25) is 14.3 Å². The second-order valence-corrected chi connectivity index (χ2v) is 12.5. The van der Waals surface area contributed by atoms with Gasteiger partial charge in [-0.15, -0.1) is 0 Å². The van der Waals surface area contributed by atoms with E-state index in [1.807, 2.05) is 10.9 Å². The zero-order valence-electron chi connectivity index (χ0n) is 23.5. The lowest BCUT2D eigenvalue weighted by Gasteiger charge is -2.30. The van der Waals surface area contributed by atoms with Gasteiger partial charge in [0.2, 0.25) is 5.91 Å². The summed E-state index contributed by atoms with van der Waals surface area (Å²) in [6, 6.07) is 5.99. The van der Waals surface area contributed by atoms with Gasteiger partial charge in [0.15, 0.2) is 11.6 Å². The SMILES string of the molecule is C[C@]1(C(N)=O)COc2c1cc(C(O)(CNC(=O)c1cc(Cl)c3nn(C4CC4)cc3c1)C1CC1)nc2-c1cc(F)c(F)cc1F. The standard InChI is InChI=1S/C31H27ClF3N5O4/c1-30(29(36)42)13-44-27-19(30)9-24(38-26(27)18-8-22(34)23(35)10-21(18)33)31(43,16-2-3-16)12-37-28(41)14-6-15-11-40(17-4-5-17)39-25(15)20(32)7-14/h6-11,16-17,43H,2-5,12-13H2,1H3,(H2,36,42)(H,37,41)/t30-,31?/m0/s1. The number of carbonyl (C=O) groups excluding carboxylic acids is 2. The molecule has 2 atom stereocenters. The minimum Gasteiger partial charge on any atom is -0.489 e. The van der Waals surface area contributed by atoms with Crippen molar-refractivity contribution in [1.82, 2.24) is 20.1 Å². The lowest BCUT2D eigenvalue weighted by atomic mass is 9.81. The third kappa shape index (κ3) is 4.58. The maximum absolute atomic E-state index is 15.0. The van der Waals surface area contributed by atoms with Crippen molar-refractivity contribution in [3.63, 3.8) is 0 Å². The fraction of sp³-hybridized carbons (Fsp3) is 0.355. The molecule has 4 aromatic rings. The Labute approximate surface area is 254 Å². The Morgan fingerprint density at radius 2 is 1.86 bits per heavy atom. The van der Waals surface area contributed by atoms with E-state index in [1.54, 1.807) is 6.07 Å². The van der Waals surface area contributed by atoms with Gasteiger partial charge in [-0.05, 0) is 62.8 Å². The van der Waals surface area contributed by atoms with Crippen molar-refractivity contribution in [2.75, 3.05) is 13.2 Å². The van der Waals surface area contributed by atoms with Crippen LogP contribution in [0.3, 0.4) is 0 Å². The van der Waals surface area contributed by atoms with Crippen LogP contribution < -0.4 is 15.8 Å². The zero-order chi connectivity index (χ0) is 31.1. The molecule has 228 valence electrons. The number of benzene rings is 2. The van der Waals surface area contributed by atoms with Gasteiger partial charge in [0.25, 0.3) is 5.91 Å². The number of aliphatic hydroxyl groups is 1. The maximum atomic E-state index is 15.0. The van der Waals surface area contributed by atoms with Gasteiger partial charge in [0.05, 0.1) is 23.3 Å². The Hall–Kier alpha value is -4.16. The fourth-order valence-corrected chi connectivity index (χ4v) is 6.05. The van der Waals surface area contributed by atoms with E-state index in [0.717, 1.165) is 12.8 Å². The largest absolute Gasteiger partial charge is 0.489 e. The van der Waals surface area contributed by atoms with Crippen molar-refractivity contribution in [3.8, 4) is 17.0 Å². The third-order valence-electron chi connectivity index (χ3n) is 8.86. The van der Waals surface area contributed by atoms with Crippen LogP contribution in [-0.2, 0) is 15.8 Å². The second-order valence-electron chi connectivity index (χ2n) is 12.1. The number of halogens is 4. The zero-order valence-corrected chi connectivity index (χ0v) is 24.2. The fourth-order valence-electron chi connectivity index (χ4n) is 5.79.